The van der Waals surface area contributed by atoms with Crippen molar-refractivity contribution < 1.29 is 42.8 Å². The van der Waals surface area contributed by atoms with Gasteiger partial charge in [0.25, 0.3) is 0 Å². The first-order valence-corrected chi connectivity index (χ1v) is 2.02. The molecule has 1 aromatic heterocycles. The Balaban J connectivity index is -0.000000163. The summed E-state index contributed by atoms with van der Waals surface area (Å²) in [5, 5.41) is 0. The summed E-state index contributed by atoms with van der Waals surface area (Å²) in [5.74, 6) is 0.389. The van der Waals surface area contributed by atoms with E-state index in [0.717, 1.165) is 0 Å². The van der Waals surface area contributed by atoms with Crippen molar-refractivity contribution in [3.8, 4) is 0 Å². The Morgan fingerprint density at radius 2 is 2.00 bits per heavy atom. The smallest absolute Gasteiger partial charge is 1.00 e. The molecule has 1 aromatic rings. The van der Waals surface area contributed by atoms with E-state index in [0.29, 0.717) is 5.76 Å². The fourth-order valence-electron chi connectivity index (χ4n) is 0.389. The van der Waals surface area contributed by atoms with Crippen LogP contribution in [0.5, 0.6) is 0 Å². The van der Waals surface area contributed by atoms with Crippen molar-refractivity contribution in [2.75, 3.05) is 0 Å². The SMILES string of the molecule is FCc1ccco1.[Br-].[Br-].[Mg+2]. The van der Waals surface area contributed by atoms with Crippen LogP contribution in [-0.2, 0) is 6.67 Å². The Morgan fingerprint density at radius 3 is 2.20 bits per heavy atom. The van der Waals surface area contributed by atoms with E-state index in [1.54, 1.807) is 12.1 Å². The largest absolute Gasteiger partial charge is 2.00 e. The van der Waals surface area contributed by atoms with Crippen molar-refractivity contribution in [3.63, 3.8) is 0 Å². The summed E-state index contributed by atoms with van der Waals surface area (Å²) in [5.41, 5.74) is 0. The van der Waals surface area contributed by atoms with Crippen LogP contribution in [0.3, 0.4) is 0 Å². The first-order valence-electron chi connectivity index (χ1n) is 2.02. The van der Waals surface area contributed by atoms with Crippen molar-refractivity contribution >= 4 is 23.1 Å². The van der Waals surface area contributed by atoms with Crippen LogP contribution < -0.4 is 34.0 Å². The van der Waals surface area contributed by atoms with Crippen molar-refractivity contribution in [1.82, 2.24) is 0 Å². The predicted octanol–water partition coefficient (Wildman–Crippen LogP) is -4.62. The molecule has 1 rings (SSSR count). The second kappa shape index (κ2) is 9.94. The van der Waals surface area contributed by atoms with Gasteiger partial charge in [0, 0.05) is 0 Å². The van der Waals surface area contributed by atoms with Crippen molar-refractivity contribution in [3.05, 3.63) is 24.2 Å². The number of halogens is 3. The van der Waals surface area contributed by atoms with Gasteiger partial charge in [0.15, 0.2) is 0 Å². The Bertz CT molecular complexity index is 134. The maximum absolute atomic E-state index is 11.5. The van der Waals surface area contributed by atoms with Gasteiger partial charge in [-0.25, -0.2) is 4.39 Å². The molecular weight excluding hydrogens is 279 g/mol. The number of hydrogen-bond acceptors (Lipinski definition) is 1. The summed E-state index contributed by atoms with van der Waals surface area (Å²) in [6.45, 7) is -0.507. The van der Waals surface area contributed by atoms with Gasteiger partial charge in [-0.3, -0.25) is 0 Å². The topological polar surface area (TPSA) is 13.1 Å². The van der Waals surface area contributed by atoms with E-state index in [-0.39, 0.29) is 57.0 Å². The first-order chi connectivity index (χ1) is 3.43. The van der Waals surface area contributed by atoms with Gasteiger partial charge in [-0.1, -0.05) is 0 Å². The fourth-order valence-corrected chi connectivity index (χ4v) is 0.389. The first kappa shape index (κ1) is 17.1. The van der Waals surface area contributed by atoms with Gasteiger partial charge in [0.2, 0.25) is 0 Å². The van der Waals surface area contributed by atoms with Crippen molar-refractivity contribution in [2.24, 2.45) is 0 Å². The van der Waals surface area contributed by atoms with Crippen LogP contribution in [0, 0.1) is 0 Å². The fraction of sp³-hybridized carbons (Fsp3) is 0.200. The molecule has 0 saturated heterocycles. The normalized spacial score (nSPS) is 6.50. The standard InChI is InChI=1S/C5H5FO.2BrH.Mg/c6-4-5-2-1-3-7-5;;;/h1-3H,4H2;2*1H;/q;;;+2/p-2. The predicted molar refractivity (Wildman–Crippen MR) is 29.3 cm³/mol. The summed E-state index contributed by atoms with van der Waals surface area (Å²) in [7, 11) is 0. The van der Waals surface area contributed by atoms with Crippen LogP contribution in [0.15, 0.2) is 22.8 Å². The van der Waals surface area contributed by atoms with Gasteiger partial charge in [-0.15, -0.1) is 0 Å². The molecule has 0 spiro atoms. The average molecular weight is 284 g/mol. The Morgan fingerprint density at radius 1 is 1.40 bits per heavy atom. The second-order valence-electron chi connectivity index (χ2n) is 1.21. The molecule has 0 aliphatic rings. The number of furan rings is 1. The van der Waals surface area contributed by atoms with E-state index in [4.69, 9.17) is 0 Å². The molecule has 0 aromatic carbocycles. The van der Waals surface area contributed by atoms with Crippen LogP contribution >= 0.6 is 0 Å². The third kappa shape index (κ3) is 5.70. The van der Waals surface area contributed by atoms with Crippen LogP contribution in [0.1, 0.15) is 5.76 Å². The zero-order valence-electron chi connectivity index (χ0n) is 5.19. The van der Waals surface area contributed by atoms with Crippen LogP contribution in [0.2, 0.25) is 0 Å². The summed E-state index contributed by atoms with van der Waals surface area (Å²) < 4.78 is 16.1. The summed E-state index contributed by atoms with van der Waals surface area (Å²) >= 11 is 0. The quantitative estimate of drug-likeness (QED) is 0.473. The Kier molecular flexibility index (Phi) is 17.0. The van der Waals surface area contributed by atoms with E-state index in [2.05, 4.69) is 4.42 Å². The molecule has 0 saturated carbocycles. The molecule has 0 unspecified atom stereocenters. The Hall–Kier alpha value is 0.936. The maximum atomic E-state index is 11.5. The van der Waals surface area contributed by atoms with Gasteiger partial charge >= 0.3 is 23.1 Å². The molecule has 0 bridgehead atoms. The molecule has 1 heterocycles. The monoisotopic (exact) mass is 282 g/mol. The Labute approximate surface area is 96.1 Å². The van der Waals surface area contributed by atoms with Crippen LogP contribution in [0.4, 0.5) is 4.39 Å². The van der Waals surface area contributed by atoms with Crippen molar-refractivity contribution in [2.45, 2.75) is 6.67 Å². The van der Waals surface area contributed by atoms with E-state index < -0.39 is 6.67 Å². The minimum atomic E-state index is -0.507. The second-order valence-corrected chi connectivity index (χ2v) is 1.21. The molecule has 0 amide bonds. The number of alkyl halides is 1. The molecule has 0 fully saturated rings. The van der Waals surface area contributed by atoms with E-state index in [1.165, 1.54) is 6.26 Å². The molecule has 0 aliphatic heterocycles. The summed E-state index contributed by atoms with van der Waals surface area (Å²) in [6, 6.07) is 3.26. The molecule has 0 N–H and O–H groups in total. The maximum Gasteiger partial charge on any atom is 2.00 e. The zero-order chi connectivity index (χ0) is 5.11. The minimum Gasteiger partial charge on any atom is -1.00 e. The average Bonchev–Trinajstić information content (AvgIpc) is 2.14. The summed E-state index contributed by atoms with van der Waals surface area (Å²) in [6.07, 6.45) is 1.45. The van der Waals surface area contributed by atoms with E-state index in [9.17, 15) is 4.39 Å². The molecule has 10 heavy (non-hydrogen) atoms. The van der Waals surface area contributed by atoms with Crippen molar-refractivity contribution in [1.29, 1.82) is 0 Å². The van der Waals surface area contributed by atoms with Gasteiger partial charge in [-0.2, -0.15) is 0 Å². The van der Waals surface area contributed by atoms with Gasteiger partial charge < -0.3 is 38.4 Å². The third-order valence-corrected chi connectivity index (χ3v) is 0.712. The van der Waals surface area contributed by atoms with Crippen LogP contribution in [0.25, 0.3) is 0 Å². The van der Waals surface area contributed by atoms with Crippen LogP contribution in [-0.4, -0.2) is 23.1 Å². The van der Waals surface area contributed by atoms with Gasteiger partial charge in [0.1, 0.15) is 12.4 Å². The van der Waals surface area contributed by atoms with Gasteiger partial charge in [-0.05, 0) is 12.1 Å². The number of hydrogen-bond donors (Lipinski definition) is 0. The third-order valence-electron chi connectivity index (χ3n) is 0.712. The zero-order valence-corrected chi connectivity index (χ0v) is 9.77. The molecule has 0 aliphatic carbocycles. The number of rotatable bonds is 1. The minimum absolute atomic E-state index is 0. The molecule has 0 radical (unpaired) electrons. The molecule has 54 valence electrons. The molecule has 5 heteroatoms. The molecule has 0 atom stereocenters. The van der Waals surface area contributed by atoms with E-state index >= 15 is 0 Å². The summed E-state index contributed by atoms with van der Waals surface area (Å²) in [4.78, 5) is 0. The molecule has 1 nitrogen and oxygen atoms in total. The van der Waals surface area contributed by atoms with E-state index in [1.807, 2.05) is 0 Å². The van der Waals surface area contributed by atoms with Gasteiger partial charge in [0.05, 0.1) is 6.26 Å². The molecular formula is C5H5Br2FMgO.